The highest BCUT2D eigenvalue weighted by molar-refractivity contribution is 6.92. The summed E-state index contributed by atoms with van der Waals surface area (Å²) in [5, 5.41) is 0. The highest BCUT2D eigenvalue weighted by Crippen LogP contribution is 2.35. The molecular formula is C24H35O2P. The second-order valence-corrected chi connectivity index (χ2v) is 8.03. The van der Waals surface area contributed by atoms with Crippen LogP contribution in [0.25, 0.3) is 0 Å². The van der Waals surface area contributed by atoms with Gasteiger partial charge in [0.15, 0.2) is 0 Å². The predicted octanol–water partition coefficient (Wildman–Crippen LogP) is 6.74. The molecule has 0 heterocycles. The number of rotatable bonds is 3. The van der Waals surface area contributed by atoms with E-state index in [4.69, 9.17) is 4.74 Å². The standard InChI is InChI=1S/C24H30O2.H3P.H2/c1-15-6-8-20(9-7-15)21-10-12-22(13-11-21)24(25)26-23-14-16(2)17(3)18(4)19(23)5;;/h10-15,20H,6-9H2,1-5H3;1H3;1H. The molecule has 1 saturated carbocycles. The number of carbonyl (C=O) groups is 1. The van der Waals surface area contributed by atoms with E-state index in [1.165, 1.54) is 42.4 Å². The molecule has 1 aliphatic carbocycles. The van der Waals surface area contributed by atoms with Crippen LogP contribution in [0.5, 0.6) is 5.75 Å². The minimum atomic E-state index is -0.278. The van der Waals surface area contributed by atoms with Crippen molar-refractivity contribution in [3.8, 4) is 5.75 Å². The van der Waals surface area contributed by atoms with Crippen LogP contribution in [-0.2, 0) is 0 Å². The van der Waals surface area contributed by atoms with E-state index >= 15 is 0 Å². The summed E-state index contributed by atoms with van der Waals surface area (Å²) in [5.74, 6) is 1.88. The molecule has 0 bridgehead atoms. The lowest BCUT2D eigenvalue weighted by Gasteiger charge is -2.26. The van der Waals surface area contributed by atoms with Gasteiger partial charge in [0.05, 0.1) is 5.56 Å². The third kappa shape index (κ3) is 4.79. The molecule has 1 aliphatic rings. The van der Waals surface area contributed by atoms with Gasteiger partial charge in [0.25, 0.3) is 0 Å². The fourth-order valence-electron chi connectivity index (χ4n) is 3.92. The summed E-state index contributed by atoms with van der Waals surface area (Å²) >= 11 is 0. The molecule has 0 N–H and O–H groups in total. The maximum Gasteiger partial charge on any atom is 0.343 e. The Bertz CT molecular complexity index is 806. The average Bonchev–Trinajstić information content (AvgIpc) is 2.65. The van der Waals surface area contributed by atoms with Gasteiger partial charge in [-0.05, 0) is 98.4 Å². The fourth-order valence-corrected chi connectivity index (χ4v) is 3.92. The van der Waals surface area contributed by atoms with Crippen LogP contribution in [0.2, 0.25) is 0 Å². The largest absolute Gasteiger partial charge is 0.423 e. The number of esters is 1. The van der Waals surface area contributed by atoms with Gasteiger partial charge in [-0.2, -0.15) is 9.90 Å². The van der Waals surface area contributed by atoms with E-state index in [0.717, 1.165) is 17.0 Å². The van der Waals surface area contributed by atoms with Crippen molar-refractivity contribution < 1.29 is 11.0 Å². The van der Waals surface area contributed by atoms with Gasteiger partial charge in [0, 0.05) is 1.43 Å². The van der Waals surface area contributed by atoms with Crippen LogP contribution in [0.1, 0.15) is 78.1 Å². The Morgan fingerprint density at radius 3 is 2.11 bits per heavy atom. The highest BCUT2D eigenvalue weighted by Gasteiger charge is 2.20. The molecule has 148 valence electrons. The predicted molar refractivity (Wildman–Crippen MR) is 120 cm³/mol. The number of benzene rings is 2. The average molecular weight is 387 g/mol. The van der Waals surface area contributed by atoms with Crippen LogP contribution in [0.15, 0.2) is 30.3 Å². The summed E-state index contributed by atoms with van der Waals surface area (Å²) in [4.78, 5) is 12.6. The summed E-state index contributed by atoms with van der Waals surface area (Å²) in [6.45, 7) is 10.6. The van der Waals surface area contributed by atoms with Crippen LogP contribution >= 0.6 is 9.90 Å². The zero-order valence-electron chi connectivity index (χ0n) is 17.4. The zero-order valence-corrected chi connectivity index (χ0v) is 18.8. The lowest BCUT2D eigenvalue weighted by atomic mass is 9.79. The summed E-state index contributed by atoms with van der Waals surface area (Å²) in [5.41, 5.74) is 6.61. The van der Waals surface area contributed by atoms with Crippen molar-refractivity contribution in [3.63, 3.8) is 0 Å². The summed E-state index contributed by atoms with van der Waals surface area (Å²) in [6, 6.07) is 10.0. The van der Waals surface area contributed by atoms with Gasteiger partial charge in [-0.15, -0.1) is 0 Å². The first-order valence-corrected chi connectivity index (χ1v) is 9.76. The molecular weight excluding hydrogens is 351 g/mol. The zero-order chi connectivity index (χ0) is 18.8. The van der Waals surface area contributed by atoms with Crippen LogP contribution in [0.4, 0.5) is 0 Å². The van der Waals surface area contributed by atoms with Gasteiger partial charge in [-0.1, -0.05) is 31.9 Å². The van der Waals surface area contributed by atoms with Gasteiger partial charge >= 0.3 is 5.97 Å². The van der Waals surface area contributed by atoms with Crippen molar-refractivity contribution in [2.75, 3.05) is 0 Å². The number of carbonyl (C=O) groups excluding carboxylic acids is 1. The fraction of sp³-hybridized carbons (Fsp3) is 0.458. The van der Waals surface area contributed by atoms with Crippen LogP contribution in [0, 0.1) is 33.6 Å². The Hall–Kier alpha value is -1.66. The smallest absolute Gasteiger partial charge is 0.343 e. The van der Waals surface area contributed by atoms with Crippen LogP contribution in [-0.4, -0.2) is 5.97 Å². The quantitative estimate of drug-likeness (QED) is 0.332. The summed E-state index contributed by atoms with van der Waals surface area (Å²) in [7, 11) is 0. The van der Waals surface area contributed by atoms with Crippen molar-refractivity contribution in [1.82, 2.24) is 0 Å². The van der Waals surface area contributed by atoms with Gasteiger partial charge in [-0.3, -0.25) is 0 Å². The van der Waals surface area contributed by atoms with Crippen molar-refractivity contribution in [3.05, 3.63) is 63.7 Å². The van der Waals surface area contributed by atoms with Gasteiger partial charge in [0.1, 0.15) is 5.75 Å². The van der Waals surface area contributed by atoms with E-state index in [1.807, 2.05) is 25.1 Å². The molecule has 0 spiro atoms. The topological polar surface area (TPSA) is 26.3 Å². The lowest BCUT2D eigenvalue weighted by Crippen LogP contribution is -2.12. The maximum atomic E-state index is 12.6. The van der Waals surface area contributed by atoms with Gasteiger partial charge < -0.3 is 4.74 Å². The molecule has 0 radical (unpaired) electrons. The highest BCUT2D eigenvalue weighted by atomic mass is 31.0. The number of aryl methyl sites for hydroxylation is 1. The number of hydrogen-bond donors (Lipinski definition) is 0. The first-order chi connectivity index (χ1) is 12.4. The molecule has 3 heteroatoms. The maximum absolute atomic E-state index is 12.6. The Kier molecular flexibility index (Phi) is 7.23. The van der Waals surface area contributed by atoms with Crippen molar-refractivity contribution in [1.29, 1.82) is 0 Å². The Labute approximate surface area is 168 Å². The normalized spacial score (nSPS) is 19.3. The van der Waals surface area contributed by atoms with E-state index in [1.54, 1.807) is 0 Å². The van der Waals surface area contributed by atoms with E-state index in [-0.39, 0.29) is 17.3 Å². The van der Waals surface area contributed by atoms with Crippen molar-refractivity contribution in [2.45, 2.75) is 66.2 Å². The molecule has 0 amide bonds. The Balaban J connectivity index is 0.00000196. The molecule has 0 aromatic heterocycles. The van der Waals surface area contributed by atoms with Crippen LogP contribution in [0.3, 0.4) is 0 Å². The van der Waals surface area contributed by atoms with E-state index in [2.05, 4.69) is 39.8 Å². The SMILES string of the molecule is Cc1cc(OC(=O)c2ccc(C3CCC(C)CC3)cc2)c(C)c(C)c1C.P.[HH]. The first-order valence-electron chi connectivity index (χ1n) is 9.76. The molecule has 1 unspecified atom stereocenters. The molecule has 0 saturated heterocycles. The lowest BCUT2D eigenvalue weighted by molar-refractivity contribution is 0.0733. The number of hydrogen-bond acceptors (Lipinski definition) is 2. The molecule has 3 rings (SSSR count). The van der Waals surface area contributed by atoms with E-state index < -0.39 is 0 Å². The molecule has 1 fully saturated rings. The third-order valence-electron chi connectivity index (χ3n) is 6.27. The molecule has 0 aliphatic heterocycles. The minimum Gasteiger partial charge on any atom is -0.423 e. The molecule has 2 aromatic rings. The number of ether oxygens (including phenoxy) is 1. The Morgan fingerprint density at radius 1 is 0.926 bits per heavy atom. The van der Waals surface area contributed by atoms with Gasteiger partial charge in [-0.25, -0.2) is 4.79 Å². The molecule has 2 nitrogen and oxygen atoms in total. The van der Waals surface area contributed by atoms with E-state index in [0.29, 0.717) is 17.2 Å². The molecule has 2 aromatic carbocycles. The second-order valence-electron chi connectivity index (χ2n) is 8.03. The Morgan fingerprint density at radius 2 is 1.52 bits per heavy atom. The van der Waals surface area contributed by atoms with Crippen molar-refractivity contribution in [2.24, 2.45) is 5.92 Å². The van der Waals surface area contributed by atoms with Crippen molar-refractivity contribution >= 4 is 15.9 Å². The second kappa shape index (κ2) is 9.02. The van der Waals surface area contributed by atoms with Gasteiger partial charge in [0.2, 0.25) is 0 Å². The van der Waals surface area contributed by atoms with Crippen LogP contribution < -0.4 is 4.74 Å². The minimum absolute atomic E-state index is 0. The van der Waals surface area contributed by atoms with E-state index in [9.17, 15) is 4.79 Å². The third-order valence-corrected chi connectivity index (χ3v) is 6.27. The molecule has 1 atom stereocenters. The first kappa shape index (κ1) is 21.6. The molecule has 27 heavy (non-hydrogen) atoms. The summed E-state index contributed by atoms with van der Waals surface area (Å²) < 4.78 is 5.71. The summed E-state index contributed by atoms with van der Waals surface area (Å²) in [6.07, 6.45) is 5.12. The monoisotopic (exact) mass is 386 g/mol.